The Balaban J connectivity index is 1.26. The summed E-state index contributed by atoms with van der Waals surface area (Å²) in [5.74, 6) is 0.0159. The minimum absolute atomic E-state index is 0.0159. The largest absolute Gasteiger partial charge is 0.339 e. The number of piperazine rings is 1. The molecule has 3 aromatic rings. The summed E-state index contributed by atoms with van der Waals surface area (Å²) < 4.78 is 28.8. The Hall–Kier alpha value is -1.56. The molecule has 1 saturated heterocycles. The molecule has 2 aliphatic heterocycles. The minimum Gasteiger partial charge on any atom is -0.339 e. The van der Waals surface area contributed by atoms with Gasteiger partial charge in [-0.1, -0.05) is 17.7 Å². The van der Waals surface area contributed by atoms with Gasteiger partial charge in [-0.3, -0.25) is 4.79 Å². The van der Waals surface area contributed by atoms with Crippen LogP contribution in [0.5, 0.6) is 0 Å². The van der Waals surface area contributed by atoms with Gasteiger partial charge in [-0.25, -0.2) is 13.4 Å². The molecule has 4 heterocycles. The molecule has 1 unspecified atom stereocenters. The number of thiazole rings is 1. The normalized spacial score (nSPS) is 20.4. The number of aromatic nitrogens is 1. The molecule has 30 heavy (non-hydrogen) atoms. The molecule has 1 amide bonds. The van der Waals surface area contributed by atoms with E-state index in [4.69, 9.17) is 11.6 Å². The summed E-state index contributed by atoms with van der Waals surface area (Å²) in [5, 5.41) is 4.73. The lowest BCUT2D eigenvalue weighted by Crippen LogP contribution is -2.56. The van der Waals surface area contributed by atoms with Gasteiger partial charge in [0, 0.05) is 53.7 Å². The highest BCUT2D eigenvalue weighted by Gasteiger charge is 2.34. The molecule has 0 spiro atoms. The van der Waals surface area contributed by atoms with Crippen LogP contribution in [0.4, 0.5) is 0 Å². The number of nitrogens with one attached hydrogen (secondary N) is 1. The molecule has 2 aromatic heterocycles. The quantitative estimate of drug-likeness (QED) is 0.620. The van der Waals surface area contributed by atoms with Crippen molar-refractivity contribution in [3.63, 3.8) is 0 Å². The van der Waals surface area contributed by atoms with E-state index < -0.39 is 10.0 Å². The monoisotopic (exact) mass is 482 g/mol. The number of sulfonamides is 1. The molecular formula is C19H19ClN4O3S3. The lowest BCUT2D eigenvalue weighted by molar-refractivity contribution is -0.134. The van der Waals surface area contributed by atoms with E-state index in [2.05, 4.69) is 10.3 Å². The molecule has 2 aliphatic rings. The predicted octanol–water partition coefficient (Wildman–Crippen LogP) is 2.56. The van der Waals surface area contributed by atoms with E-state index >= 15 is 0 Å². The van der Waals surface area contributed by atoms with Gasteiger partial charge in [-0.05, 0) is 23.6 Å². The Bertz CT molecular complexity index is 1210. The first-order valence-electron chi connectivity index (χ1n) is 9.54. The van der Waals surface area contributed by atoms with Crippen LogP contribution in [0, 0.1) is 0 Å². The number of amides is 1. The van der Waals surface area contributed by atoms with Crippen molar-refractivity contribution in [2.75, 3.05) is 26.2 Å². The van der Waals surface area contributed by atoms with Gasteiger partial charge in [0.25, 0.3) is 10.0 Å². The number of carbonyl (C=O) groups is 1. The van der Waals surface area contributed by atoms with Crippen LogP contribution >= 0.6 is 34.3 Å². The molecule has 1 fully saturated rings. The molecule has 7 nitrogen and oxygen atoms in total. The summed E-state index contributed by atoms with van der Waals surface area (Å²) in [4.78, 5) is 20.2. The second kappa shape index (κ2) is 7.85. The van der Waals surface area contributed by atoms with Crippen molar-refractivity contribution in [2.45, 2.75) is 23.2 Å². The molecule has 1 aromatic carbocycles. The molecule has 1 N–H and O–H groups in total. The zero-order valence-electron chi connectivity index (χ0n) is 15.9. The van der Waals surface area contributed by atoms with Crippen LogP contribution in [0.2, 0.25) is 5.02 Å². The molecule has 11 heteroatoms. The van der Waals surface area contributed by atoms with E-state index in [1.165, 1.54) is 20.5 Å². The van der Waals surface area contributed by atoms with Gasteiger partial charge in [-0.15, -0.1) is 22.7 Å². The molecule has 0 saturated carbocycles. The van der Waals surface area contributed by atoms with E-state index in [0.29, 0.717) is 35.3 Å². The third kappa shape index (κ3) is 3.65. The van der Waals surface area contributed by atoms with Gasteiger partial charge >= 0.3 is 0 Å². The fraction of sp³-hybridized carbons (Fsp3) is 0.368. The van der Waals surface area contributed by atoms with Crippen molar-refractivity contribution >= 4 is 60.3 Å². The molecule has 0 aliphatic carbocycles. The van der Waals surface area contributed by atoms with Crippen LogP contribution in [0.15, 0.2) is 34.0 Å². The van der Waals surface area contributed by atoms with Crippen molar-refractivity contribution in [1.82, 2.24) is 19.5 Å². The van der Waals surface area contributed by atoms with Crippen molar-refractivity contribution < 1.29 is 13.2 Å². The number of rotatable bonds is 3. The van der Waals surface area contributed by atoms with Crippen molar-refractivity contribution in [3.8, 4) is 0 Å². The van der Waals surface area contributed by atoms with Gasteiger partial charge in [0.1, 0.15) is 4.21 Å². The minimum atomic E-state index is -3.60. The summed E-state index contributed by atoms with van der Waals surface area (Å²) in [7, 11) is -3.60. The molecule has 158 valence electrons. The summed E-state index contributed by atoms with van der Waals surface area (Å²) >= 11 is 8.85. The standard InChI is InChI=1S/C19H19ClN4O3S3/c20-13-2-1-12-7-18(29-16(12)8-13)30(26,27)24-5-3-23(4-6-24)19(25)15-9-14-17(10-21-15)28-11-22-14/h1-2,7-8,11,15,21H,3-6,9-10H2. The fourth-order valence-electron chi connectivity index (χ4n) is 3.86. The Morgan fingerprint density at radius 3 is 2.80 bits per heavy atom. The number of thiophene rings is 1. The topological polar surface area (TPSA) is 82.6 Å². The van der Waals surface area contributed by atoms with Crippen LogP contribution in [-0.2, 0) is 27.8 Å². The highest BCUT2D eigenvalue weighted by molar-refractivity contribution is 7.91. The number of nitrogens with zero attached hydrogens (tertiary/aromatic N) is 3. The Morgan fingerprint density at radius 2 is 2.00 bits per heavy atom. The van der Waals surface area contributed by atoms with Gasteiger partial charge in [-0.2, -0.15) is 4.31 Å². The van der Waals surface area contributed by atoms with Crippen LogP contribution in [-0.4, -0.2) is 60.7 Å². The Kier molecular flexibility index (Phi) is 5.32. The Labute approximate surface area is 187 Å². The van der Waals surface area contributed by atoms with Gasteiger partial charge in [0.05, 0.1) is 17.2 Å². The van der Waals surface area contributed by atoms with Crippen molar-refractivity contribution in [1.29, 1.82) is 0 Å². The summed E-state index contributed by atoms with van der Waals surface area (Å²) in [5.41, 5.74) is 2.80. The number of hydrogen-bond acceptors (Lipinski definition) is 7. The number of carbonyl (C=O) groups excluding carboxylic acids is 1. The maximum Gasteiger partial charge on any atom is 0.252 e. The van der Waals surface area contributed by atoms with Crippen LogP contribution in [0.1, 0.15) is 10.6 Å². The lowest BCUT2D eigenvalue weighted by Gasteiger charge is -2.36. The first kappa shape index (κ1) is 20.3. The number of benzene rings is 1. The van der Waals surface area contributed by atoms with E-state index in [1.54, 1.807) is 34.4 Å². The maximum absolute atomic E-state index is 13.1. The van der Waals surface area contributed by atoms with Crippen molar-refractivity contribution in [2.24, 2.45) is 0 Å². The van der Waals surface area contributed by atoms with E-state index in [0.717, 1.165) is 15.8 Å². The third-order valence-corrected chi connectivity index (χ3v) is 10.1. The van der Waals surface area contributed by atoms with E-state index in [9.17, 15) is 13.2 Å². The van der Waals surface area contributed by atoms with Crippen molar-refractivity contribution in [3.05, 3.63) is 45.4 Å². The van der Waals surface area contributed by atoms with Gasteiger partial charge in [0.2, 0.25) is 5.91 Å². The van der Waals surface area contributed by atoms with Crippen LogP contribution in [0.3, 0.4) is 0 Å². The first-order chi connectivity index (χ1) is 14.4. The third-order valence-electron chi connectivity index (χ3n) is 5.53. The fourth-order valence-corrected chi connectivity index (χ4v) is 7.86. The number of halogens is 1. The van der Waals surface area contributed by atoms with Crippen LogP contribution < -0.4 is 5.32 Å². The van der Waals surface area contributed by atoms with E-state index in [1.807, 2.05) is 11.6 Å². The highest BCUT2D eigenvalue weighted by atomic mass is 35.5. The SMILES string of the molecule is O=C(C1Cc2ncsc2CN1)N1CCN(S(=O)(=O)c2cc3ccc(Cl)cc3s2)CC1. The lowest BCUT2D eigenvalue weighted by atomic mass is 10.0. The smallest absolute Gasteiger partial charge is 0.252 e. The summed E-state index contributed by atoms with van der Waals surface area (Å²) in [6.45, 7) is 2.00. The highest BCUT2D eigenvalue weighted by Crippen LogP contribution is 2.33. The maximum atomic E-state index is 13.1. The second-order valence-electron chi connectivity index (χ2n) is 7.34. The molecule has 5 rings (SSSR count). The molecule has 1 atom stereocenters. The summed E-state index contributed by atoms with van der Waals surface area (Å²) in [6.07, 6.45) is 0.584. The molecule has 0 radical (unpaired) electrons. The second-order valence-corrected chi connectivity index (χ2v) is 12.0. The Morgan fingerprint density at radius 1 is 1.20 bits per heavy atom. The average molecular weight is 483 g/mol. The number of hydrogen-bond donors (Lipinski definition) is 1. The first-order valence-corrected chi connectivity index (χ1v) is 13.1. The zero-order chi connectivity index (χ0) is 20.9. The van der Waals surface area contributed by atoms with Crippen LogP contribution in [0.25, 0.3) is 10.1 Å². The van der Waals surface area contributed by atoms with Gasteiger partial charge < -0.3 is 10.2 Å². The predicted molar refractivity (Wildman–Crippen MR) is 119 cm³/mol. The summed E-state index contributed by atoms with van der Waals surface area (Å²) in [6, 6.07) is 6.76. The number of fused-ring (bicyclic) bond motifs is 2. The molecular weight excluding hydrogens is 464 g/mol. The average Bonchev–Trinajstić information content (AvgIpc) is 3.39. The molecule has 0 bridgehead atoms. The van der Waals surface area contributed by atoms with Gasteiger partial charge in [0.15, 0.2) is 0 Å². The zero-order valence-corrected chi connectivity index (χ0v) is 19.1. The van der Waals surface area contributed by atoms with E-state index in [-0.39, 0.29) is 25.0 Å².